The molecule has 0 saturated carbocycles. The van der Waals surface area contributed by atoms with E-state index in [-0.39, 0.29) is 19.1 Å². The van der Waals surface area contributed by atoms with Crippen molar-refractivity contribution < 1.29 is 29.2 Å². The van der Waals surface area contributed by atoms with Crippen molar-refractivity contribution in [3.05, 3.63) is 71.8 Å². The summed E-state index contributed by atoms with van der Waals surface area (Å²) in [5.74, 6) is -0.378. The molecule has 1 aliphatic heterocycles. The molecule has 1 aliphatic rings. The Hall–Kier alpha value is -2.29. The van der Waals surface area contributed by atoms with Gasteiger partial charge in [-0.2, -0.15) is 0 Å². The van der Waals surface area contributed by atoms with E-state index in [1.165, 1.54) is 6.92 Å². The molecule has 7 nitrogen and oxygen atoms in total. The number of aliphatic hydroxyl groups is 2. The van der Waals surface area contributed by atoms with Gasteiger partial charge in [-0.1, -0.05) is 60.7 Å². The molecule has 1 fully saturated rings. The third-order valence-electron chi connectivity index (χ3n) is 4.74. The van der Waals surface area contributed by atoms with E-state index < -0.39 is 30.6 Å². The number of nitrogens with one attached hydrogen (secondary N) is 1. The molecule has 156 valence electrons. The fourth-order valence-corrected chi connectivity index (χ4v) is 3.30. The molecule has 29 heavy (non-hydrogen) atoms. The zero-order valence-corrected chi connectivity index (χ0v) is 16.3. The van der Waals surface area contributed by atoms with Crippen molar-refractivity contribution >= 4 is 5.91 Å². The second kappa shape index (κ2) is 10.5. The Balaban J connectivity index is 1.66. The first-order chi connectivity index (χ1) is 14.0. The van der Waals surface area contributed by atoms with Crippen molar-refractivity contribution in [3.63, 3.8) is 0 Å². The van der Waals surface area contributed by atoms with Gasteiger partial charge in [0.05, 0.1) is 19.8 Å². The van der Waals surface area contributed by atoms with Gasteiger partial charge in [-0.25, -0.2) is 0 Å². The van der Waals surface area contributed by atoms with Crippen LogP contribution in [0.3, 0.4) is 0 Å². The van der Waals surface area contributed by atoms with E-state index in [1.54, 1.807) is 0 Å². The highest BCUT2D eigenvalue weighted by molar-refractivity contribution is 5.73. The van der Waals surface area contributed by atoms with Crippen LogP contribution in [0.15, 0.2) is 60.7 Å². The number of amides is 1. The smallest absolute Gasteiger partial charge is 0.217 e. The van der Waals surface area contributed by atoms with Crippen LogP contribution in [0.2, 0.25) is 0 Å². The summed E-state index contributed by atoms with van der Waals surface area (Å²) in [7, 11) is 0. The van der Waals surface area contributed by atoms with Gasteiger partial charge in [0.2, 0.25) is 5.91 Å². The number of carbonyl (C=O) groups is 1. The Labute approximate surface area is 170 Å². The largest absolute Gasteiger partial charge is 0.388 e. The third-order valence-corrected chi connectivity index (χ3v) is 4.74. The molecular formula is C22H27NO6. The Kier molecular flexibility index (Phi) is 7.74. The fraction of sp³-hybridized carbons (Fsp3) is 0.409. The second-order valence-corrected chi connectivity index (χ2v) is 7.04. The van der Waals surface area contributed by atoms with Crippen LogP contribution in [0.1, 0.15) is 18.1 Å². The zero-order chi connectivity index (χ0) is 20.6. The SMILES string of the molecule is CC(=O)N[C@@H]1[C@@H](O)[C@H](OCc2ccccc2)[C@@H](COCc2ccccc2)O[C@@H]1O. The first kappa shape index (κ1) is 21.4. The number of ether oxygens (including phenoxy) is 3. The van der Waals surface area contributed by atoms with Gasteiger partial charge in [0.1, 0.15) is 24.4 Å². The molecule has 2 aromatic carbocycles. The predicted molar refractivity (Wildman–Crippen MR) is 106 cm³/mol. The van der Waals surface area contributed by atoms with Crippen molar-refractivity contribution in [2.45, 2.75) is 50.8 Å². The summed E-state index contributed by atoms with van der Waals surface area (Å²) in [6.07, 6.45) is -4.00. The molecule has 3 rings (SSSR count). The van der Waals surface area contributed by atoms with Crippen LogP contribution < -0.4 is 5.32 Å². The lowest BCUT2D eigenvalue weighted by atomic mass is 9.96. The molecule has 3 N–H and O–H groups in total. The molecule has 7 heteroatoms. The second-order valence-electron chi connectivity index (χ2n) is 7.04. The molecule has 1 heterocycles. The molecule has 1 amide bonds. The van der Waals surface area contributed by atoms with Gasteiger partial charge in [0.25, 0.3) is 0 Å². The van der Waals surface area contributed by atoms with Gasteiger partial charge < -0.3 is 29.7 Å². The normalized spacial score (nSPS) is 26.8. The van der Waals surface area contributed by atoms with Gasteiger partial charge in [0, 0.05) is 6.92 Å². The summed E-state index contributed by atoms with van der Waals surface area (Å²) >= 11 is 0. The molecule has 0 radical (unpaired) electrons. The van der Waals surface area contributed by atoms with Crippen LogP contribution in [-0.2, 0) is 32.2 Å². The predicted octanol–water partition coefficient (Wildman–Crippen LogP) is 1.37. The van der Waals surface area contributed by atoms with Crippen molar-refractivity contribution in [1.29, 1.82) is 0 Å². The summed E-state index contributed by atoms with van der Waals surface area (Å²) < 4.78 is 17.3. The summed E-state index contributed by atoms with van der Waals surface area (Å²) in [6, 6.07) is 18.2. The summed E-state index contributed by atoms with van der Waals surface area (Å²) in [4.78, 5) is 11.4. The van der Waals surface area contributed by atoms with E-state index in [9.17, 15) is 15.0 Å². The lowest BCUT2D eigenvalue weighted by Gasteiger charge is -2.42. The Morgan fingerprint density at radius 1 is 1.00 bits per heavy atom. The monoisotopic (exact) mass is 401 g/mol. The van der Waals surface area contributed by atoms with E-state index >= 15 is 0 Å². The highest BCUT2D eigenvalue weighted by Crippen LogP contribution is 2.24. The maximum Gasteiger partial charge on any atom is 0.217 e. The quantitative estimate of drug-likeness (QED) is 0.618. The first-order valence-electron chi connectivity index (χ1n) is 9.60. The first-order valence-corrected chi connectivity index (χ1v) is 9.60. The maximum atomic E-state index is 11.4. The van der Waals surface area contributed by atoms with Gasteiger partial charge in [-0.15, -0.1) is 0 Å². The maximum absolute atomic E-state index is 11.4. The highest BCUT2D eigenvalue weighted by Gasteiger charge is 2.45. The molecule has 2 aromatic rings. The Morgan fingerprint density at radius 3 is 2.17 bits per heavy atom. The average molecular weight is 401 g/mol. The Bertz CT molecular complexity index is 756. The number of carbonyl (C=O) groups excluding carboxylic acids is 1. The van der Waals surface area contributed by atoms with Crippen LogP contribution in [0.25, 0.3) is 0 Å². The lowest BCUT2D eigenvalue weighted by molar-refractivity contribution is -0.268. The summed E-state index contributed by atoms with van der Waals surface area (Å²) in [5, 5.41) is 23.6. The standard InChI is InChI=1S/C22H27NO6/c1-15(24)23-19-20(25)21(28-13-17-10-6-3-7-11-17)18(29-22(19)26)14-27-12-16-8-4-2-5-9-16/h2-11,18-22,25-26H,12-14H2,1H3,(H,23,24)/t18-,19-,20-,21-,22+/m1/s1. The van der Waals surface area contributed by atoms with Gasteiger partial charge in [-0.05, 0) is 11.1 Å². The topological polar surface area (TPSA) is 97.3 Å². The molecule has 0 spiro atoms. The van der Waals surface area contributed by atoms with E-state index in [2.05, 4.69) is 5.32 Å². The van der Waals surface area contributed by atoms with Crippen LogP contribution in [0.5, 0.6) is 0 Å². The summed E-state index contributed by atoms with van der Waals surface area (Å²) in [6.45, 7) is 2.06. The number of hydrogen-bond acceptors (Lipinski definition) is 6. The highest BCUT2D eigenvalue weighted by atomic mass is 16.6. The summed E-state index contributed by atoms with van der Waals surface area (Å²) in [5.41, 5.74) is 1.94. The average Bonchev–Trinajstić information content (AvgIpc) is 2.72. The van der Waals surface area contributed by atoms with Crippen molar-refractivity contribution in [2.24, 2.45) is 0 Å². The van der Waals surface area contributed by atoms with Crippen molar-refractivity contribution in [2.75, 3.05) is 6.61 Å². The van der Waals surface area contributed by atoms with Crippen molar-refractivity contribution in [3.8, 4) is 0 Å². The van der Waals surface area contributed by atoms with Crippen LogP contribution in [-0.4, -0.2) is 53.4 Å². The lowest BCUT2D eigenvalue weighted by Crippen LogP contribution is -2.64. The van der Waals surface area contributed by atoms with Gasteiger partial charge in [-0.3, -0.25) is 4.79 Å². The molecule has 0 bridgehead atoms. The zero-order valence-electron chi connectivity index (χ0n) is 16.3. The molecular weight excluding hydrogens is 374 g/mol. The van der Waals surface area contributed by atoms with E-state index in [0.717, 1.165) is 11.1 Å². The third kappa shape index (κ3) is 6.09. The fourth-order valence-electron chi connectivity index (χ4n) is 3.30. The minimum absolute atomic E-state index is 0.120. The Morgan fingerprint density at radius 2 is 1.59 bits per heavy atom. The number of aliphatic hydroxyl groups excluding tert-OH is 2. The van der Waals surface area contributed by atoms with Gasteiger partial charge in [0.15, 0.2) is 6.29 Å². The molecule has 0 aliphatic carbocycles. The van der Waals surface area contributed by atoms with Crippen LogP contribution in [0.4, 0.5) is 0 Å². The number of benzene rings is 2. The van der Waals surface area contributed by atoms with Crippen molar-refractivity contribution in [1.82, 2.24) is 5.32 Å². The van der Waals surface area contributed by atoms with E-state index in [1.807, 2.05) is 60.7 Å². The minimum Gasteiger partial charge on any atom is -0.388 e. The number of hydrogen-bond donors (Lipinski definition) is 3. The van der Waals surface area contributed by atoms with Crippen LogP contribution >= 0.6 is 0 Å². The minimum atomic E-state index is -1.36. The number of rotatable bonds is 8. The molecule has 1 saturated heterocycles. The van der Waals surface area contributed by atoms with Gasteiger partial charge >= 0.3 is 0 Å². The van der Waals surface area contributed by atoms with Crippen LogP contribution in [0, 0.1) is 0 Å². The molecule has 0 unspecified atom stereocenters. The van der Waals surface area contributed by atoms with E-state index in [0.29, 0.717) is 6.61 Å². The molecule has 5 atom stereocenters. The van der Waals surface area contributed by atoms with E-state index in [4.69, 9.17) is 14.2 Å². The molecule has 0 aromatic heterocycles.